The van der Waals surface area contributed by atoms with Crippen LogP contribution in [0.1, 0.15) is 97.3 Å². The van der Waals surface area contributed by atoms with Gasteiger partial charge < -0.3 is 4.74 Å². The van der Waals surface area contributed by atoms with Crippen LogP contribution in [-0.4, -0.2) is 23.6 Å². The summed E-state index contributed by atoms with van der Waals surface area (Å²) in [5.74, 6) is 2.29. The van der Waals surface area contributed by atoms with Gasteiger partial charge in [0.2, 0.25) is 0 Å². The van der Waals surface area contributed by atoms with Crippen molar-refractivity contribution in [2.45, 2.75) is 103 Å². The number of fused-ring (bicyclic) bond motifs is 5. The fraction of sp³-hybridized carbons (Fsp3) is 0.815. The van der Waals surface area contributed by atoms with E-state index in [2.05, 4.69) is 13.8 Å². The maximum Gasteiger partial charge on any atom is 0.306 e. The molecule has 170 valence electrons. The number of esters is 1. The summed E-state index contributed by atoms with van der Waals surface area (Å²) in [7, 11) is 0. The van der Waals surface area contributed by atoms with Crippen LogP contribution in [0.2, 0.25) is 0 Å². The van der Waals surface area contributed by atoms with Crippen molar-refractivity contribution in [1.29, 1.82) is 0 Å². The third kappa shape index (κ3) is 3.53. The standard InChI is InChI=1S/C27H38O4/c1-26-13-11-18(28)15-22(26)23(29)16-19-20-8-9-24(27(20,2)14-12-21(19)26)31-25(30)10-7-17-5-3-4-6-17/h15,17,19-21,24H,3-14,16H2,1-2H3/t19-,20-,21-,24-,26+,27+/m0/s1. The van der Waals surface area contributed by atoms with Crippen LogP contribution in [0.25, 0.3) is 0 Å². The predicted molar refractivity (Wildman–Crippen MR) is 118 cm³/mol. The molecule has 4 nitrogen and oxygen atoms in total. The summed E-state index contributed by atoms with van der Waals surface area (Å²) in [6.07, 6.45) is 14.5. The zero-order valence-electron chi connectivity index (χ0n) is 19.3. The average molecular weight is 427 g/mol. The molecule has 31 heavy (non-hydrogen) atoms. The number of carbonyl (C=O) groups is 3. The summed E-state index contributed by atoms with van der Waals surface area (Å²) in [5, 5.41) is 0. The van der Waals surface area contributed by atoms with Crippen LogP contribution < -0.4 is 0 Å². The summed E-state index contributed by atoms with van der Waals surface area (Å²) in [6.45, 7) is 4.55. The van der Waals surface area contributed by atoms with Crippen molar-refractivity contribution in [3.8, 4) is 0 Å². The van der Waals surface area contributed by atoms with Gasteiger partial charge in [-0.25, -0.2) is 0 Å². The van der Waals surface area contributed by atoms with Crippen LogP contribution >= 0.6 is 0 Å². The largest absolute Gasteiger partial charge is 0.462 e. The minimum atomic E-state index is -0.148. The minimum absolute atomic E-state index is 0.00214. The lowest BCUT2D eigenvalue weighted by Gasteiger charge is -2.57. The Balaban J connectivity index is 1.29. The Morgan fingerprint density at radius 1 is 1.03 bits per heavy atom. The molecule has 5 aliphatic carbocycles. The van der Waals surface area contributed by atoms with Crippen LogP contribution in [-0.2, 0) is 19.1 Å². The molecule has 0 spiro atoms. The van der Waals surface area contributed by atoms with Crippen LogP contribution in [0, 0.1) is 34.5 Å². The quantitative estimate of drug-likeness (QED) is 0.551. The Morgan fingerprint density at radius 3 is 2.58 bits per heavy atom. The maximum absolute atomic E-state index is 13.1. The van der Waals surface area contributed by atoms with E-state index in [0.717, 1.165) is 44.1 Å². The molecule has 0 bridgehead atoms. The van der Waals surface area contributed by atoms with Crippen molar-refractivity contribution >= 4 is 17.5 Å². The van der Waals surface area contributed by atoms with Gasteiger partial charge in [0.15, 0.2) is 11.6 Å². The molecular weight excluding hydrogens is 388 g/mol. The van der Waals surface area contributed by atoms with Gasteiger partial charge in [0.05, 0.1) is 0 Å². The van der Waals surface area contributed by atoms with Crippen molar-refractivity contribution in [2.24, 2.45) is 34.5 Å². The predicted octanol–water partition coefficient (Wildman–Crippen LogP) is 5.58. The molecule has 5 rings (SSSR count). The lowest BCUT2D eigenvalue weighted by molar-refractivity contribution is -0.161. The third-order valence-electron chi connectivity index (χ3n) is 10.2. The Bertz CT molecular complexity index is 806. The molecule has 0 aromatic carbocycles. The Labute approximate surface area is 186 Å². The zero-order chi connectivity index (χ0) is 21.8. The molecule has 4 fully saturated rings. The Hall–Kier alpha value is -1.45. The summed E-state index contributed by atoms with van der Waals surface area (Å²) >= 11 is 0. The van der Waals surface area contributed by atoms with Gasteiger partial charge in [-0.05, 0) is 73.7 Å². The highest BCUT2D eigenvalue weighted by Crippen LogP contribution is 2.65. The van der Waals surface area contributed by atoms with Crippen LogP contribution in [0.5, 0.6) is 0 Å². The van der Waals surface area contributed by atoms with E-state index < -0.39 is 0 Å². The van der Waals surface area contributed by atoms with E-state index in [-0.39, 0.29) is 34.5 Å². The van der Waals surface area contributed by atoms with Crippen molar-refractivity contribution in [1.82, 2.24) is 0 Å². The molecule has 0 radical (unpaired) electrons. The number of hydrogen-bond acceptors (Lipinski definition) is 4. The van der Waals surface area contributed by atoms with Gasteiger partial charge in [-0.2, -0.15) is 0 Å². The summed E-state index contributed by atoms with van der Waals surface area (Å²) in [4.78, 5) is 37.8. The summed E-state index contributed by atoms with van der Waals surface area (Å²) < 4.78 is 6.12. The number of ketones is 2. The first kappa shape index (κ1) is 21.4. The number of hydrogen-bond donors (Lipinski definition) is 0. The smallest absolute Gasteiger partial charge is 0.306 e. The van der Waals surface area contributed by atoms with Crippen LogP contribution in [0.4, 0.5) is 0 Å². The lowest BCUT2D eigenvalue weighted by Crippen LogP contribution is -2.53. The second-order valence-corrected chi connectivity index (χ2v) is 11.7. The first-order valence-corrected chi connectivity index (χ1v) is 12.8. The first-order chi connectivity index (χ1) is 14.8. The molecule has 0 amide bonds. The van der Waals surface area contributed by atoms with E-state index >= 15 is 0 Å². The molecule has 5 aliphatic rings. The van der Waals surface area contributed by atoms with Gasteiger partial charge in [-0.1, -0.05) is 39.5 Å². The van der Waals surface area contributed by atoms with E-state index in [1.807, 2.05) is 0 Å². The van der Waals surface area contributed by atoms with Gasteiger partial charge >= 0.3 is 5.97 Å². The van der Waals surface area contributed by atoms with E-state index in [0.29, 0.717) is 42.9 Å². The van der Waals surface area contributed by atoms with Crippen molar-refractivity contribution in [2.75, 3.05) is 0 Å². The third-order valence-corrected chi connectivity index (χ3v) is 10.2. The monoisotopic (exact) mass is 426 g/mol. The SMILES string of the molecule is C[C@@]12CC[C@H]3[C@@H](CC(=O)C4=CC(=O)CC[C@@]43C)[C@@H]1CC[C@@H]2OC(=O)CCC1CCCC1. The Kier molecular flexibility index (Phi) is 5.42. The van der Waals surface area contributed by atoms with Gasteiger partial charge in [0.1, 0.15) is 6.10 Å². The fourth-order valence-electron chi connectivity index (χ4n) is 8.37. The topological polar surface area (TPSA) is 60.4 Å². The number of allylic oxidation sites excluding steroid dienone is 1. The van der Waals surface area contributed by atoms with Crippen molar-refractivity contribution in [3.05, 3.63) is 11.6 Å². The second-order valence-electron chi connectivity index (χ2n) is 11.7. The molecule has 0 heterocycles. The molecule has 0 aromatic heterocycles. The highest BCUT2D eigenvalue weighted by molar-refractivity contribution is 6.05. The van der Waals surface area contributed by atoms with Crippen molar-refractivity contribution < 1.29 is 19.1 Å². The molecule has 0 unspecified atom stereocenters. The highest BCUT2D eigenvalue weighted by Gasteiger charge is 2.61. The van der Waals surface area contributed by atoms with Crippen molar-refractivity contribution in [3.63, 3.8) is 0 Å². The normalized spacial score (nSPS) is 42.6. The van der Waals surface area contributed by atoms with Crippen LogP contribution in [0.15, 0.2) is 11.6 Å². The molecule has 0 saturated heterocycles. The van der Waals surface area contributed by atoms with Crippen LogP contribution in [0.3, 0.4) is 0 Å². The van der Waals surface area contributed by atoms with Gasteiger partial charge in [-0.3, -0.25) is 14.4 Å². The maximum atomic E-state index is 13.1. The number of Topliss-reactive ketones (excluding diaryl/α,β-unsaturated/α-hetero) is 1. The van der Waals surface area contributed by atoms with Gasteiger partial charge in [-0.15, -0.1) is 0 Å². The fourth-order valence-corrected chi connectivity index (χ4v) is 8.37. The minimum Gasteiger partial charge on any atom is -0.462 e. The van der Waals surface area contributed by atoms with E-state index in [1.54, 1.807) is 6.08 Å². The molecular formula is C27H38O4. The molecule has 0 aliphatic heterocycles. The molecule has 0 N–H and O–H groups in total. The molecule has 0 aromatic rings. The van der Waals surface area contributed by atoms with Gasteiger partial charge in [0.25, 0.3) is 0 Å². The van der Waals surface area contributed by atoms with E-state index in [9.17, 15) is 14.4 Å². The molecule has 4 heteroatoms. The average Bonchev–Trinajstić information content (AvgIpc) is 3.36. The number of ether oxygens (including phenoxy) is 1. The van der Waals surface area contributed by atoms with E-state index in [4.69, 9.17) is 4.74 Å². The lowest BCUT2D eigenvalue weighted by atomic mass is 9.47. The second kappa shape index (κ2) is 7.85. The Morgan fingerprint density at radius 2 is 1.81 bits per heavy atom. The summed E-state index contributed by atoms with van der Waals surface area (Å²) in [6, 6.07) is 0. The number of rotatable bonds is 4. The van der Waals surface area contributed by atoms with E-state index in [1.165, 1.54) is 25.7 Å². The molecule has 6 atom stereocenters. The summed E-state index contributed by atoms with van der Waals surface area (Å²) in [5.41, 5.74) is 0.652. The highest BCUT2D eigenvalue weighted by atomic mass is 16.5. The molecule has 4 saturated carbocycles. The van der Waals surface area contributed by atoms with Gasteiger partial charge in [0, 0.05) is 30.3 Å². The number of carbonyl (C=O) groups excluding carboxylic acids is 3. The zero-order valence-corrected chi connectivity index (χ0v) is 19.3. The first-order valence-electron chi connectivity index (χ1n) is 12.8.